The summed E-state index contributed by atoms with van der Waals surface area (Å²) in [7, 11) is 0. The summed E-state index contributed by atoms with van der Waals surface area (Å²) >= 11 is 0. The number of hydrogen-bond acceptors (Lipinski definition) is 3. The Kier molecular flexibility index (Phi) is 5.71. The minimum Gasteiger partial charge on any atom is -0.388 e. The topological polar surface area (TPSA) is 79.2 Å². The van der Waals surface area contributed by atoms with Crippen LogP contribution >= 0.6 is 0 Å². The number of hydrogen-bond donors (Lipinski definition) is 3. The molecule has 134 valence electrons. The predicted octanol–water partition coefficient (Wildman–Crippen LogP) is 2.76. The first kappa shape index (κ1) is 17.5. The zero-order chi connectivity index (χ0) is 17.5. The maximum atomic E-state index is 12.0. The summed E-state index contributed by atoms with van der Waals surface area (Å²) in [5.74, 6) is 0. The lowest BCUT2D eigenvalue weighted by Gasteiger charge is -2.26. The average Bonchev–Trinajstić information content (AvgIpc) is 3.08. The molecule has 25 heavy (non-hydrogen) atoms. The Balaban J connectivity index is 1.44. The van der Waals surface area contributed by atoms with Crippen molar-refractivity contribution in [3.8, 4) is 5.69 Å². The minimum atomic E-state index is -0.750. The van der Waals surface area contributed by atoms with Gasteiger partial charge in [0, 0.05) is 31.2 Å². The Labute approximate surface area is 148 Å². The van der Waals surface area contributed by atoms with Gasteiger partial charge in [-0.1, -0.05) is 37.8 Å². The van der Waals surface area contributed by atoms with E-state index >= 15 is 0 Å². The van der Waals surface area contributed by atoms with Crippen LogP contribution in [0.1, 0.15) is 44.1 Å². The SMILES string of the molecule is O=C(NCc1ccc(-n2ccnc2)cc1)NCC1(O)CCCCCC1. The molecule has 1 aliphatic rings. The summed E-state index contributed by atoms with van der Waals surface area (Å²) in [4.78, 5) is 16.0. The van der Waals surface area contributed by atoms with Gasteiger partial charge in [-0.3, -0.25) is 0 Å². The van der Waals surface area contributed by atoms with Gasteiger partial charge >= 0.3 is 6.03 Å². The van der Waals surface area contributed by atoms with E-state index in [2.05, 4.69) is 15.6 Å². The molecule has 0 saturated heterocycles. The lowest BCUT2D eigenvalue weighted by atomic mass is 9.95. The van der Waals surface area contributed by atoms with Crippen LogP contribution in [-0.2, 0) is 6.54 Å². The van der Waals surface area contributed by atoms with Crippen molar-refractivity contribution >= 4 is 6.03 Å². The molecule has 1 aromatic heterocycles. The van der Waals surface area contributed by atoms with Crippen molar-refractivity contribution in [2.45, 2.75) is 50.7 Å². The van der Waals surface area contributed by atoms with Gasteiger partial charge in [-0.15, -0.1) is 0 Å². The molecule has 0 bridgehead atoms. The summed E-state index contributed by atoms with van der Waals surface area (Å²) in [6.07, 6.45) is 11.3. The number of nitrogens with zero attached hydrogens (tertiary/aromatic N) is 2. The first-order valence-electron chi connectivity index (χ1n) is 8.96. The molecular weight excluding hydrogens is 316 g/mol. The largest absolute Gasteiger partial charge is 0.388 e. The number of urea groups is 1. The van der Waals surface area contributed by atoms with E-state index in [0.717, 1.165) is 36.9 Å². The van der Waals surface area contributed by atoms with Crippen molar-refractivity contribution in [3.05, 3.63) is 48.5 Å². The molecule has 0 aliphatic heterocycles. The Morgan fingerprint density at radius 2 is 1.84 bits per heavy atom. The van der Waals surface area contributed by atoms with Gasteiger partial charge in [-0.2, -0.15) is 0 Å². The second-order valence-electron chi connectivity index (χ2n) is 6.81. The highest BCUT2D eigenvalue weighted by Gasteiger charge is 2.28. The fourth-order valence-electron chi connectivity index (χ4n) is 3.25. The molecule has 6 nitrogen and oxygen atoms in total. The van der Waals surface area contributed by atoms with Gasteiger partial charge < -0.3 is 20.3 Å². The number of aliphatic hydroxyl groups is 1. The van der Waals surface area contributed by atoms with Crippen LogP contribution in [0.15, 0.2) is 43.0 Å². The van der Waals surface area contributed by atoms with E-state index in [1.807, 2.05) is 35.0 Å². The molecule has 1 aromatic carbocycles. The second-order valence-corrected chi connectivity index (χ2v) is 6.81. The molecule has 2 aromatic rings. The number of carbonyl (C=O) groups is 1. The lowest BCUT2D eigenvalue weighted by molar-refractivity contribution is 0.0277. The van der Waals surface area contributed by atoms with Crippen LogP contribution in [0.25, 0.3) is 5.69 Å². The highest BCUT2D eigenvalue weighted by molar-refractivity contribution is 5.73. The summed E-state index contributed by atoms with van der Waals surface area (Å²) < 4.78 is 1.93. The van der Waals surface area contributed by atoms with E-state index in [1.54, 1.807) is 12.5 Å². The third kappa shape index (κ3) is 5.06. The highest BCUT2D eigenvalue weighted by atomic mass is 16.3. The van der Waals surface area contributed by atoms with Crippen molar-refractivity contribution in [2.75, 3.05) is 6.54 Å². The standard InChI is InChI=1S/C19H26N4O2/c24-18(22-14-19(25)9-3-1-2-4-10-19)21-13-16-5-7-17(8-6-16)23-12-11-20-15-23/h5-8,11-12,15,25H,1-4,9-10,13-14H2,(H2,21,22,24). The molecular formula is C19H26N4O2. The first-order valence-corrected chi connectivity index (χ1v) is 8.96. The van der Waals surface area contributed by atoms with E-state index in [1.165, 1.54) is 12.8 Å². The number of carbonyl (C=O) groups excluding carboxylic acids is 1. The second kappa shape index (κ2) is 8.16. The summed E-state index contributed by atoms with van der Waals surface area (Å²) in [5, 5.41) is 16.2. The molecule has 1 saturated carbocycles. The fourth-order valence-corrected chi connectivity index (χ4v) is 3.25. The van der Waals surface area contributed by atoms with Crippen molar-refractivity contribution in [1.82, 2.24) is 20.2 Å². The Morgan fingerprint density at radius 1 is 1.12 bits per heavy atom. The summed E-state index contributed by atoms with van der Waals surface area (Å²) in [6, 6.07) is 7.70. The van der Waals surface area contributed by atoms with Gasteiger partial charge in [0.25, 0.3) is 0 Å². The van der Waals surface area contributed by atoms with Crippen molar-refractivity contribution in [1.29, 1.82) is 0 Å². The van der Waals surface area contributed by atoms with Crippen LogP contribution in [0, 0.1) is 0 Å². The maximum absolute atomic E-state index is 12.0. The quantitative estimate of drug-likeness (QED) is 0.731. The van der Waals surface area contributed by atoms with Crippen LogP contribution in [0.5, 0.6) is 0 Å². The van der Waals surface area contributed by atoms with Gasteiger partial charge in [-0.25, -0.2) is 9.78 Å². The number of nitrogens with one attached hydrogen (secondary N) is 2. The van der Waals surface area contributed by atoms with E-state index in [9.17, 15) is 9.90 Å². The first-order chi connectivity index (χ1) is 12.1. The lowest BCUT2D eigenvalue weighted by Crippen LogP contribution is -2.46. The number of rotatable bonds is 5. The number of aromatic nitrogens is 2. The summed E-state index contributed by atoms with van der Waals surface area (Å²) in [6.45, 7) is 0.771. The third-order valence-electron chi connectivity index (χ3n) is 4.80. The predicted molar refractivity (Wildman–Crippen MR) is 96.5 cm³/mol. The van der Waals surface area contributed by atoms with E-state index in [-0.39, 0.29) is 6.03 Å². The van der Waals surface area contributed by atoms with Crippen molar-refractivity contribution in [2.24, 2.45) is 0 Å². The smallest absolute Gasteiger partial charge is 0.315 e. The Morgan fingerprint density at radius 3 is 2.48 bits per heavy atom. The maximum Gasteiger partial charge on any atom is 0.315 e. The van der Waals surface area contributed by atoms with E-state index < -0.39 is 5.60 Å². The monoisotopic (exact) mass is 342 g/mol. The fraction of sp³-hybridized carbons (Fsp3) is 0.474. The molecule has 3 N–H and O–H groups in total. The Hall–Kier alpha value is -2.34. The van der Waals surface area contributed by atoms with Gasteiger partial charge in [0.15, 0.2) is 0 Å². The van der Waals surface area contributed by atoms with Crippen LogP contribution in [0.4, 0.5) is 4.79 Å². The van der Waals surface area contributed by atoms with Gasteiger partial charge in [0.1, 0.15) is 0 Å². The number of amides is 2. The minimum absolute atomic E-state index is 0.239. The van der Waals surface area contributed by atoms with Gasteiger partial charge in [0.05, 0.1) is 11.9 Å². The highest BCUT2D eigenvalue weighted by Crippen LogP contribution is 2.26. The van der Waals surface area contributed by atoms with E-state index in [0.29, 0.717) is 13.1 Å². The molecule has 1 heterocycles. The van der Waals surface area contributed by atoms with Crippen LogP contribution < -0.4 is 10.6 Å². The molecule has 1 aliphatic carbocycles. The average molecular weight is 342 g/mol. The van der Waals surface area contributed by atoms with Crippen molar-refractivity contribution < 1.29 is 9.90 Å². The van der Waals surface area contributed by atoms with Crippen molar-refractivity contribution in [3.63, 3.8) is 0 Å². The molecule has 6 heteroatoms. The molecule has 3 rings (SSSR count). The summed E-state index contributed by atoms with van der Waals surface area (Å²) in [5.41, 5.74) is 1.30. The molecule has 0 spiro atoms. The van der Waals surface area contributed by atoms with Gasteiger partial charge in [-0.05, 0) is 30.5 Å². The molecule has 0 atom stereocenters. The zero-order valence-corrected chi connectivity index (χ0v) is 14.4. The van der Waals surface area contributed by atoms with Gasteiger partial charge in [0.2, 0.25) is 0 Å². The molecule has 1 fully saturated rings. The third-order valence-corrected chi connectivity index (χ3v) is 4.80. The number of benzene rings is 1. The Bertz CT molecular complexity index is 659. The normalized spacial score (nSPS) is 16.8. The molecule has 0 radical (unpaired) electrons. The van der Waals surface area contributed by atoms with Crippen LogP contribution in [-0.4, -0.2) is 32.8 Å². The number of imidazole rings is 1. The van der Waals surface area contributed by atoms with Crippen LogP contribution in [0.3, 0.4) is 0 Å². The zero-order valence-electron chi connectivity index (χ0n) is 14.4. The molecule has 2 amide bonds. The van der Waals surface area contributed by atoms with Crippen LogP contribution in [0.2, 0.25) is 0 Å². The molecule has 0 unspecified atom stereocenters. The van der Waals surface area contributed by atoms with E-state index in [4.69, 9.17) is 0 Å².